The fraction of sp³-hybridized carbons (Fsp3) is 0.333. The molecule has 1 aromatic rings. The quantitative estimate of drug-likeness (QED) is 0.834. The van der Waals surface area contributed by atoms with Crippen LogP contribution in [-0.2, 0) is 9.59 Å². The number of carboxylic acids is 1. The first-order chi connectivity index (χ1) is 8.42. The van der Waals surface area contributed by atoms with Crippen molar-refractivity contribution in [2.24, 2.45) is 5.92 Å². The van der Waals surface area contributed by atoms with Crippen LogP contribution in [0.3, 0.4) is 0 Å². The number of amides is 1. The third-order valence-electron chi connectivity index (χ3n) is 2.81. The number of halogens is 2. The molecule has 1 aliphatic rings. The maximum Gasteiger partial charge on any atom is 0.330 e. The largest absolute Gasteiger partial charge is 0.479 e. The standard InChI is InChI=1S/C12H11Cl2NO3/c13-12(14)6-8(12)10(16)15-9(11(17)18)7-4-2-1-3-5-7/h1-5,8-9H,6H2,(H,15,16)(H,17,18). The molecule has 4 nitrogen and oxygen atoms in total. The molecule has 2 atom stereocenters. The van der Waals surface area contributed by atoms with Gasteiger partial charge in [0.15, 0.2) is 6.04 Å². The van der Waals surface area contributed by atoms with Crippen LogP contribution in [0.1, 0.15) is 18.0 Å². The van der Waals surface area contributed by atoms with Gasteiger partial charge in [-0.15, -0.1) is 23.2 Å². The van der Waals surface area contributed by atoms with E-state index in [1.807, 2.05) is 0 Å². The summed E-state index contributed by atoms with van der Waals surface area (Å²) < 4.78 is -1.05. The molecule has 96 valence electrons. The van der Waals surface area contributed by atoms with Gasteiger partial charge in [-0.2, -0.15) is 0 Å². The van der Waals surface area contributed by atoms with Crippen molar-refractivity contribution in [3.8, 4) is 0 Å². The van der Waals surface area contributed by atoms with E-state index in [-0.39, 0.29) is 0 Å². The minimum absolute atomic E-state index is 0.350. The van der Waals surface area contributed by atoms with Crippen molar-refractivity contribution in [1.82, 2.24) is 5.32 Å². The number of rotatable bonds is 4. The molecular weight excluding hydrogens is 277 g/mol. The fourth-order valence-electron chi connectivity index (χ4n) is 1.67. The van der Waals surface area contributed by atoms with Crippen LogP contribution in [0.2, 0.25) is 0 Å². The fourth-order valence-corrected chi connectivity index (χ4v) is 2.18. The van der Waals surface area contributed by atoms with E-state index in [2.05, 4.69) is 5.32 Å². The second-order valence-corrected chi connectivity index (χ2v) is 5.75. The van der Waals surface area contributed by atoms with Gasteiger partial charge in [0.2, 0.25) is 5.91 Å². The first-order valence-electron chi connectivity index (χ1n) is 5.38. The highest BCUT2D eigenvalue weighted by Gasteiger charge is 2.56. The number of aliphatic carboxylic acids is 1. The summed E-state index contributed by atoms with van der Waals surface area (Å²) in [5.41, 5.74) is 0.508. The molecule has 2 rings (SSSR count). The van der Waals surface area contributed by atoms with Gasteiger partial charge in [0.05, 0.1) is 5.92 Å². The zero-order valence-electron chi connectivity index (χ0n) is 9.27. The van der Waals surface area contributed by atoms with E-state index in [1.54, 1.807) is 30.3 Å². The smallest absolute Gasteiger partial charge is 0.330 e. The molecule has 0 bridgehead atoms. The van der Waals surface area contributed by atoms with Crippen LogP contribution in [-0.4, -0.2) is 21.3 Å². The van der Waals surface area contributed by atoms with Gasteiger partial charge >= 0.3 is 5.97 Å². The number of alkyl halides is 2. The lowest BCUT2D eigenvalue weighted by molar-refractivity contribution is -0.142. The van der Waals surface area contributed by atoms with Crippen LogP contribution in [0, 0.1) is 5.92 Å². The predicted molar refractivity (Wildman–Crippen MR) is 67.5 cm³/mol. The monoisotopic (exact) mass is 287 g/mol. The summed E-state index contributed by atoms with van der Waals surface area (Å²) in [5.74, 6) is -2.09. The number of nitrogens with one attached hydrogen (secondary N) is 1. The van der Waals surface area contributed by atoms with E-state index < -0.39 is 28.2 Å². The molecule has 0 heterocycles. The van der Waals surface area contributed by atoms with E-state index in [0.29, 0.717) is 12.0 Å². The Kier molecular flexibility index (Phi) is 3.50. The van der Waals surface area contributed by atoms with Gasteiger partial charge in [-0.1, -0.05) is 30.3 Å². The second kappa shape index (κ2) is 4.78. The van der Waals surface area contributed by atoms with E-state index in [1.165, 1.54) is 0 Å². The van der Waals surface area contributed by atoms with Crippen LogP contribution in [0.25, 0.3) is 0 Å². The summed E-state index contributed by atoms with van der Waals surface area (Å²) in [7, 11) is 0. The molecule has 1 fully saturated rings. The Labute approximate surface area is 114 Å². The summed E-state index contributed by atoms with van der Waals surface area (Å²) in [6.45, 7) is 0. The SMILES string of the molecule is O=C(O)C(NC(=O)C1CC1(Cl)Cl)c1ccccc1. The number of hydrogen-bond acceptors (Lipinski definition) is 2. The highest BCUT2D eigenvalue weighted by atomic mass is 35.5. The molecule has 0 aliphatic heterocycles. The second-order valence-electron chi connectivity index (χ2n) is 4.21. The third-order valence-corrected chi connectivity index (χ3v) is 3.64. The Morgan fingerprint density at radius 3 is 2.33 bits per heavy atom. The molecular formula is C12H11Cl2NO3. The lowest BCUT2D eigenvalue weighted by Crippen LogP contribution is -2.35. The molecule has 1 aromatic carbocycles. The first-order valence-corrected chi connectivity index (χ1v) is 6.13. The maximum absolute atomic E-state index is 11.8. The normalized spacial score (nSPS) is 22.0. The van der Waals surface area contributed by atoms with Gasteiger partial charge in [-0.25, -0.2) is 4.79 Å². The Hall–Kier alpha value is -1.26. The van der Waals surface area contributed by atoms with Crippen molar-refractivity contribution in [1.29, 1.82) is 0 Å². The van der Waals surface area contributed by atoms with Crippen LogP contribution in [0.5, 0.6) is 0 Å². The molecule has 1 aliphatic carbocycles. The first kappa shape index (κ1) is 13.2. The zero-order chi connectivity index (χ0) is 13.3. The Morgan fingerprint density at radius 1 is 1.33 bits per heavy atom. The number of carbonyl (C=O) groups excluding carboxylic acids is 1. The highest BCUT2D eigenvalue weighted by molar-refractivity contribution is 6.52. The Bertz CT molecular complexity index is 475. The van der Waals surface area contributed by atoms with Crippen molar-refractivity contribution in [2.75, 3.05) is 0 Å². The van der Waals surface area contributed by atoms with Gasteiger partial charge in [0, 0.05) is 0 Å². The van der Waals surface area contributed by atoms with Crippen LogP contribution in [0.4, 0.5) is 0 Å². The van der Waals surface area contributed by atoms with Crippen molar-refractivity contribution in [3.63, 3.8) is 0 Å². The minimum Gasteiger partial charge on any atom is -0.479 e. The van der Waals surface area contributed by atoms with Gasteiger partial charge in [-0.05, 0) is 12.0 Å². The average Bonchev–Trinajstić information content (AvgIpc) is 2.96. The summed E-state index contributed by atoms with van der Waals surface area (Å²) in [5, 5.41) is 11.6. The molecule has 0 radical (unpaired) electrons. The van der Waals surface area contributed by atoms with E-state index in [0.717, 1.165) is 0 Å². The van der Waals surface area contributed by atoms with Gasteiger partial charge in [-0.3, -0.25) is 4.79 Å². The molecule has 6 heteroatoms. The summed E-state index contributed by atoms with van der Waals surface area (Å²) in [4.78, 5) is 22.9. The van der Waals surface area contributed by atoms with E-state index >= 15 is 0 Å². The van der Waals surface area contributed by atoms with Crippen LogP contribution < -0.4 is 5.32 Å². The van der Waals surface area contributed by atoms with E-state index in [9.17, 15) is 9.59 Å². The van der Waals surface area contributed by atoms with E-state index in [4.69, 9.17) is 28.3 Å². The van der Waals surface area contributed by atoms with Crippen molar-refractivity contribution in [2.45, 2.75) is 16.8 Å². The average molecular weight is 288 g/mol. The highest BCUT2D eigenvalue weighted by Crippen LogP contribution is 2.53. The Morgan fingerprint density at radius 2 is 1.89 bits per heavy atom. The predicted octanol–water partition coefficient (Wildman–Crippen LogP) is 2.12. The van der Waals surface area contributed by atoms with Crippen molar-refractivity contribution < 1.29 is 14.7 Å². The van der Waals surface area contributed by atoms with Crippen molar-refractivity contribution in [3.05, 3.63) is 35.9 Å². The lowest BCUT2D eigenvalue weighted by atomic mass is 10.1. The Balaban J connectivity index is 2.09. The zero-order valence-corrected chi connectivity index (χ0v) is 10.8. The summed E-state index contributed by atoms with van der Waals surface area (Å²) in [6.07, 6.45) is 0.350. The molecule has 1 saturated carbocycles. The maximum atomic E-state index is 11.8. The topological polar surface area (TPSA) is 66.4 Å². The minimum atomic E-state index is -1.12. The molecule has 0 spiro atoms. The molecule has 0 aromatic heterocycles. The van der Waals surface area contributed by atoms with Gasteiger partial charge in [0.25, 0.3) is 0 Å². The number of benzene rings is 1. The number of carbonyl (C=O) groups is 2. The van der Waals surface area contributed by atoms with Crippen LogP contribution in [0.15, 0.2) is 30.3 Å². The summed E-state index contributed by atoms with van der Waals surface area (Å²) in [6, 6.07) is 7.39. The molecule has 2 N–H and O–H groups in total. The lowest BCUT2D eigenvalue weighted by Gasteiger charge is -2.14. The van der Waals surface area contributed by atoms with Crippen molar-refractivity contribution >= 4 is 35.1 Å². The molecule has 18 heavy (non-hydrogen) atoms. The molecule has 1 amide bonds. The summed E-state index contributed by atoms with van der Waals surface area (Å²) >= 11 is 11.5. The molecule has 0 saturated heterocycles. The number of hydrogen-bond donors (Lipinski definition) is 2. The van der Waals surface area contributed by atoms with Gasteiger partial charge in [0.1, 0.15) is 4.33 Å². The van der Waals surface area contributed by atoms with Crippen LogP contribution >= 0.6 is 23.2 Å². The number of carboxylic acid groups (broad SMARTS) is 1. The third kappa shape index (κ3) is 2.76. The molecule has 2 unspecified atom stereocenters. The van der Waals surface area contributed by atoms with Gasteiger partial charge < -0.3 is 10.4 Å².